The fourth-order valence-corrected chi connectivity index (χ4v) is 2.25. The number of ether oxygens (including phenoxy) is 3. The Labute approximate surface area is 161 Å². The second-order valence-corrected chi connectivity index (χ2v) is 7.34. The molecule has 0 aromatic heterocycles. The SMILES string of the molecule is CC(C)(C)C(=O)NCCOC(=O)/C=C/C(=O)OCCCCN1CCOCC1. The molecule has 1 amide bonds. The summed E-state index contributed by atoms with van der Waals surface area (Å²) in [5.74, 6) is -1.34. The minimum atomic E-state index is -0.649. The van der Waals surface area contributed by atoms with Crippen molar-refractivity contribution >= 4 is 17.8 Å². The van der Waals surface area contributed by atoms with Crippen molar-refractivity contribution in [2.24, 2.45) is 5.41 Å². The van der Waals surface area contributed by atoms with Crippen molar-refractivity contribution in [2.75, 3.05) is 52.6 Å². The standard InChI is InChI=1S/C19H32N2O6/c1-19(2,3)18(24)20-8-13-27-17(23)7-6-16(22)26-12-5-4-9-21-10-14-25-15-11-21/h6-7H,4-5,8-15H2,1-3H3,(H,20,24)/b7-6+. The lowest BCUT2D eigenvalue weighted by atomic mass is 9.96. The zero-order valence-electron chi connectivity index (χ0n) is 16.6. The van der Waals surface area contributed by atoms with Crippen molar-refractivity contribution in [2.45, 2.75) is 33.6 Å². The normalized spacial score (nSPS) is 15.5. The predicted molar refractivity (Wildman–Crippen MR) is 100 cm³/mol. The summed E-state index contributed by atoms with van der Waals surface area (Å²) in [5, 5.41) is 2.66. The molecule has 1 fully saturated rings. The molecular weight excluding hydrogens is 352 g/mol. The predicted octanol–water partition coefficient (Wildman–Crippen LogP) is 0.904. The van der Waals surface area contributed by atoms with E-state index in [1.54, 1.807) is 20.8 Å². The average molecular weight is 384 g/mol. The number of carbonyl (C=O) groups excluding carboxylic acids is 3. The number of esters is 2. The summed E-state index contributed by atoms with van der Waals surface area (Å²) < 4.78 is 15.2. The van der Waals surface area contributed by atoms with Crippen LogP contribution in [0.4, 0.5) is 0 Å². The summed E-state index contributed by atoms with van der Waals surface area (Å²) in [6, 6.07) is 0. The lowest BCUT2D eigenvalue weighted by Crippen LogP contribution is -2.36. The minimum absolute atomic E-state index is 0.0432. The van der Waals surface area contributed by atoms with Crippen LogP contribution in [0, 0.1) is 5.41 Å². The highest BCUT2D eigenvalue weighted by molar-refractivity contribution is 5.91. The molecule has 154 valence electrons. The summed E-state index contributed by atoms with van der Waals surface area (Å²) >= 11 is 0. The Bertz CT molecular complexity index is 507. The summed E-state index contributed by atoms with van der Waals surface area (Å²) in [7, 11) is 0. The molecule has 8 nitrogen and oxygen atoms in total. The first-order chi connectivity index (χ1) is 12.8. The van der Waals surface area contributed by atoms with Gasteiger partial charge in [-0.05, 0) is 19.4 Å². The van der Waals surface area contributed by atoms with Gasteiger partial charge in [0.2, 0.25) is 5.91 Å². The van der Waals surface area contributed by atoms with Crippen molar-refractivity contribution in [1.82, 2.24) is 10.2 Å². The van der Waals surface area contributed by atoms with Gasteiger partial charge in [-0.3, -0.25) is 9.69 Å². The molecule has 0 aromatic rings. The van der Waals surface area contributed by atoms with Gasteiger partial charge in [0.05, 0.1) is 26.4 Å². The van der Waals surface area contributed by atoms with Gasteiger partial charge in [0, 0.05) is 30.7 Å². The van der Waals surface area contributed by atoms with E-state index in [4.69, 9.17) is 14.2 Å². The highest BCUT2D eigenvalue weighted by Crippen LogP contribution is 2.11. The maximum Gasteiger partial charge on any atom is 0.331 e. The van der Waals surface area contributed by atoms with Gasteiger partial charge in [-0.15, -0.1) is 0 Å². The fraction of sp³-hybridized carbons (Fsp3) is 0.737. The number of nitrogens with one attached hydrogen (secondary N) is 1. The van der Waals surface area contributed by atoms with Crippen LogP contribution in [0.15, 0.2) is 12.2 Å². The third-order valence-corrected chi connectivity index (χ3v) is 3.89. The lowest BCUT2D eigenvalue weighted by molar-refractivity contribution is -0.140. The van der Waals surface area contributed by atoms with Gasteiger partial charge in [0.1, 0.15) is 6.61 Å². The van der Waals surface area contributed by atoms with Crippen LogP contribution >= 0.6 is 0 Å². The van der Waals surface area contributed by atoms with Crippen molar-refractivity contribution < 1.29 is 28.6 Å². The molecule has 0 unspecified atom stereocenters. The molecule has 1 saturated heterocycles. The van der Waals surface area contributed by atoms with Crippen LogP contribution in [0.1, 0.15) is 33.6 Å². The number of hydrogen-bond donors (Lipinski definition) is 1. The highest BCUT2D eigenvalue weighted by atomic mass is 16.5. The van der Waals surface area contributed by atoms with Gasteiger partial charge in [-0.2, -0.15) is 0 Å². The van der Waals surface area contributed by atoms with Gasteiger partial charge >= 0.3 is 11.9 Å². The molecule has 1 aliphatic rings. The van der Waals surface area contributed by atoms with Crippen LogP contribution in [0.2, 0.25) is 0 Å². The largest absolute Gasteiger partial charge is 0.463 e. The highest BCUT2D eigenvalue weighted by Gasteiger charge is 2.20. The topological polar surface area (TPSA) is 94.2 Å². The first kappa shape index (κ1) is 23.1. The van der Waals surface area contributed by atoms with Gasteiger partial charge in [0.15, 0.2) is 0 Å². The Balaban J connectivity index is 2.03. The molecular formula is C19H32N2O6. The number of nitrogens with zero attached hydrogens (tertiary/aromatic N) is 1. The second-order valence-electron chi connectivity index (χ2n) is 7.34. The average Bonchev–Trinajstić information content (AvgIpc) is 2.63. The molecule has 0 spiro atoms. The Morgan fingerprint density at radius 1 is 1.00 bits per heavy atom. The molecule has 1 aliphatic heterocycles. The van der Waals surface area contributed by atoms with E-state index in [9.17, 15) is 14.4 Å². The number of carbonyl (C=O) groups is 3. The fourth-order valence-electron chi connectivity index (χ4n) is 2.25. The number of hydrogen-bond acceptors (Lipinski definition) is 7. The summed E-state index contributed by atoms with van der Waals surface area (Å²) in [6.45, 7) is 10.4. The molecule has 0 atom stereocenters. The Kier molecular flexibility index (Phi) is 10.7. The first-order valence-corrected chi connectivity index (χ1v) is 9.39. The van der Waals surface area contributed by atoms with E-state index in [0.717, 1.165) is 57.8 Å². The van der Waals surface area contributed by atoms with Crippen LogP contribution in [0.25, 0.3) is 0 Å². The number of amides is 1. The number of unbranched alkanes of at least 4 members (excludes halogenated alkanes) is 1. The zero-order chi connectivity index (χ0) is 20.1. The summed E-state index contributed by atoms with van der Waals surface area (Å²) in [4.78, 5) is 37.0. The molecule has 0 saturated carbocycles. The van der Waals surface area contributed by atoms with E-state index in [0.29, 0.717) is 6.61 Å². The molecule has 0 radical (unpaired) electrons. The van der Waals surface area contributed by atoms with E-state index in [2.05, 4.69) is 10.2 Å². The van der Waals surface area contributed by atoms with Crippen molar-refractivity contribution in [1.29, 1.82) is 0 Å². The third kappa shape index (κ3) is 11.4. The molecule has 1 rings (SSSR count). The van der Waals surface area contributed by atoms with Crippen LogP contribution in [-0.2, 0) is 28.6 Å². The number of morpholine rings is 1. The first-order valence-electron chi connectivity index (χ1n) is 9.39. The van der Waals surface area contributed by atoms with Crippen molar-refractivity contribution in [3.63, 3.8) is 0 Å². The molecule has 0 aliphatic carbocycles. The molecule has 1 heterocycles. The maximum atomic E-state index is 11.6. The van der Waals surface area contributed by atoms with E-state index in [1.807, 2.05) is 0 Å². The molecule has 0 bridgehead atoms. The maximum absolute atomic E-state index is 11.6. The summed E-state index contributed by atoms with van der Waals surface area (Å²) in [6.07, 6.45) is 3.80. The Morgan fingerprint density at radius 3 is 2.19 bits per heavy atom. The van der Waals surface area contributed by atoms with E-state index in [-0.39, 0.29) is 19.1 Å². The quantitative estimate of drug-likeness (QED) is 0.340. The van der Waals surface area contributed by atoms with Gasteiger partial charge < -0.3 is 19.5 Å². The van der Waals surface area contributed by atoms with E-state index in [1.165, 1.54) is 0 Å². The third-order valence-electron chi connectivity index (χ3n) is 3.89. The van der Waals surface area contributed by atoms with Crippen LogP contribution in [0.3, 0.4) is 0 Å². The summed E-state index contributed by atoms with van der Waals surface area (Å²) in [5.41, 5.74) is -0.490. The van der Waals surface area contributed by atoms with E-state index >= 15 is 0 Å². The lowest BCUT2D eigenvalue weighted by Gasteiger charge is -2.26. The van der Waals surface area contributed by atoms with Gasteiger partial charge in [0.25, 0.3) is 0 Å². The number of rotatable bonds is 10. The van der Waals surface area contributed by atoms with Crippen LogP contribution in [0.5, 0.6) is 0 Å². The Hall–Kier alpha value is -1.93. The van der Waals surface area contributed by atoms with Crippen LogP contribution in [-0.4, -0.2) is 75.4 Å². The van der Waals surface area contributed by atoms with Crippen LogP contribution < -0.4 is 5.32 Å². The molecule has 0 aromatic carbocycles. The van der Waals surface area contributed by atoms with Gasteiger partial charge in [-0.25, -0.2) is 9.59 Å². The van der Waals surface area contributed by atoms with Gasteiger partial charge in [-0.1, -0.05) is 20.8 Å². The monoisotopic (exact) mass is 384 g/mol. The minimum Gasteiger partial charge on any atom is -0.463 e. The zero-order valence-corrected chi connectivity index (χ0v) is 16.6. The van der Waals surface area contributed by atoms with Crippen molar-refractivity contribution in [3.8, 4) is 0 Å². The smallest absolute Gasteiger partial charge is 0.331 e. The molecule has 27 heavy (non-hydrogen) atoms. The second kappa shape index (κ2) is 12.5. The van der Waals surface area contributed by atoms with E-state index < -0.39 is 17.4 Å². The molecule has 8 heteroatoms. The van der Waals surface area contributed by atoms with Crippen molar-refractivity contribution in [3.05, 3.63) is 12.2 Å². The molecule has 1 N–H and O–H groups in total. The Morgan fingerprint density at radius 2 is 1.59 bits per heavy atom.